The zero-order valence-corrected chi connectivity index (χ0v) is 22.0. The predicted octanol–water partition coefficient (Wildman–Crippen LogP) is 7.34. The van der Waals surface area contributed by atoms with Gasteiger partial charge >= 0.3 is 0 Å². The Labute approximate surface area is 221 Å². The molecule has 0 aromatic heterocycles. The minimum atomic E-state index is 0.190. The number of likely N-dealkylation sites (tertiary alicyclic amines) is 1. The summed E-state index contributed by atoms with van der Waals surface area (Å²) in [4.78, 5) is 18.6. The third-order valence-corrected chi connectivity index (χ3v) is 8.55. The number of aryl methyl sites for hydroxylation is 1. The fourth-order valence-corrected chi connectivity index (χ4v) is 6.48. The van der Waals surface area contributed by atoms with Crippen molar-refractivity contribution < 1.29 is 4.79 Å². The average Bonchev–Trinajstić information content (AvgIpc) is 3.31. The van der Waals surface area contributed by atoms with Crippen LogP contribution in [0.2, 0.25) is 5.02 Å². The van der Waals surface area contributed by atoms with Gasteiger partial charge in [-0.3, -0.25) is 9.69 Å². The van der Waals surface area contributed by atoms with Crippen LogP contribution in [0.4, 0.5) is 0 Å². The maximum atomic E-state index is 13.9. The largest absolute Gasteiger partial charge is 0.335 e. The van der Waals surface area contributed by atoms with Gasteiger partial charge in [0, 0.05) is 48.7 Å². The Hall–Kier alpha value is -2.62. The van der Waals surface area contributed by atoms with E-state index in [0.717, 1.165) is 49.6 Å². The number of carbonyl (C=O) groups is 1. The molecule has 1 aliphatic carbocycles. The van der Waals surface area contributed by atoms with Gasteiger partial charge in [-0.05, 0) is 60.6 Å². The van der Waals surface area contributed by atoms with Crippen molar-refractivity contribution in [3.63, 3.8) is 0 Å². The zero-order valence-electron chi connectivity index (χ0n) is 21.3. The second kappa shape index (κ2) is 11.6. The third-order valence-electron chi connectivity index (χ3n) is 8.18. The van der Waals surface area contributed by atoms with Gasteiger partial charge in [-0.1, -0.05) is 91.5 Å². The summed E-state index contributed by atoms with van der Waals surface area (Å²) in [5.41, 5.74) is 4.74. The molecule has 1 heterocycles. The fourth-order valence-electron chi connectivity index (χ4n) is 6.29. The van der Waals surface area contributed by atoms with E-state index in [0.29, 0.717) is 17.9 Å². The van der Waals surface area contributed by atoms with Crippen molar-refractivity contribution in [2.75, 3.05) is 19.6 Å². The van der Waals surface area contributed by atoms with Gasteiger partial charge in [0.25, 0.3) is 5.91 Å². The summed E-state index contributed by atoms with van der Waals surface area (Å²) in [5, 5.41) is 0.830. The van der Waals surface area contributed by atoms with E-state index in [1.165, 1.54) is 36.0 Å². The highest BCUT2D eigenvalue weighted by Crippen LogP contribution is 2.37. The number of nitrogens with zero attached hydrogens (tertiary/aromatic N) is 2. The molecule has 2 atom stereocenters. The molecule has 0 bridgehead atoms. The molecule has 2 fully saturated rings. The van der Waals surface area contributed by atoms with Crippen molar-refractivity contribution in [2.24, 2.45) is 5.92 Å². The van der Waals surface area contributed by atoms with Crippen molar-refractivity contribution in [2.45, 2.75) is 57.5 Å². The van der Waals surface area contributed by atoms with Crippen LogP contribution in [0.3, 0.4) is 0 Å². The lowest BCUT2D eigenvalue weighted by atomic mass is 9.85. The molecule has 188 valence electrons. The van der Waals surface area contributed by atoms with E-state index in [1.807, 2.05) is 42.5 Å². The Morgan fingerprint density at radius 1 is 0.889 bits per heavy atom. The summed E-state index contributed by atoms with van der Waals surface area (Å²) >= 11 is 6.53. The smallest absolute Gasteiger partial charge is 0.254 e. The summed E-state index contributed by atoms with van der Waals surface area (Å²) in [6.07, 6.45) is 5.94. The van der Waals surface area contributed by atoms with Gasteiger partial charge in [0.2, 0.25) is 0 Å². The highest BCUT2D eigenvalue weighted by Gasteiger charge is 2.38. The summed E-state index contributed by atoms with van der Waals surface area (Å²) < 4.78 is 0. The van der Waals surface area contributed by atoms with E-state index in [2.05, 4.69) is 53.1 Å². The number of hydrogen-bond acceptors (Lipinski definition) is 2. The van der Waals surface area contributed by atoms with Crippen LogP contribution >= 0.6 is 11.6 Å². The van der Waals surface area contributed by atoms with E-state index in [1.54, 1.807) is 0 Å². The van der Waals surface area contributed by atoms with E-state index in [-0.39, 0.29) is 5.91 Å². The third kappa shape index (κ3) is 5.68. The van der Waals surface area contributed by atoms with Crippen molar-refractivity contribution >= 4 is 17.5 Å². The van der Waals surface area contributed by atoms with E-state index >= 15 is 0 Å². The Morgan fingerprint density at radius 3 is 2.33 bits per heavy atom. The van der Waals surface area contributed by atoms with Crippen LogP contribution in [0.25, 0.3) is 0 Å². The number of hydrogen-bond donors (Lipinski definition) is 0. The number of carbonyl (C=O) groups excluding carboxylic acids is 1. The molecule has 3 aromatic rings. The molecule has 2 aliphatic rings. The Balaban J connectivity index is 1.43. The second-order valence-corrected chi connectivity index (χ2v) is 11.0. The van der Waals surface area contributed by atoms with Crippen molar-refractivity contribution in [3.05, 3.63) is 106 Å². The molecule has 4 heteroatoms. The van der Waals surface area contributed by atoms with Gasteiger partial charge in [0.1, 0.15) is 0 Å². The lowest BCUT2D eigenvalue weighted by Crippen LogP contribution is -2.45. The van der Waals surface area contributed by atoms with Gasteiger partial charge in [0.05, 0.1) is 0 Å². The second-order valence-electron chi connectivity index (χ2n) is 10.6. The van der Waals surface area contributed by atoms with Crippen LogP contribution in [0.5, 0.6) is 0 Å². The lowest BCUT2D eigenvalue weighted by molar-refractivity contribution is 0.0588. The molecular weight excluding hydrogens is 464 g/mol. The molecule has 0 N–H and O–H groups in total. The number of benzene rings is 3. The summed E-state index contributed by atoms with van der Waals surface area (Å²) in [7, 11) is 0. The molecule has 1 aliphatic heterocycles. The van der Waals surface area contributed by atoms with Crippen LogP contribution in [0.1, 0.15) is 65.1 Å². The molecule has 0 radical (unpaired) electrons. The monoisotopic (exact) mass is 500 g/mol. The maximum Gasteiger partial charge on any atom is 0.254 e. The van der Waals surface area contributed by atoms with Crippen LogP contribution < -0.4 is 0 Å². The standard InChI is InChI=1S/C32H37ClN2O/c1-24-12-8-10-18-29(24)30-23-34(20-26-15-9-11-19-31(26)33)21-27(30)22-35(28-16-6-3-7-17-28)32(36)25-13-4-2-5-14-25/h2,4-5,8-15,18-19,27-28,30H,3,6-7,16-17,20-23H2,1H3/t27-,30-/m0/s1. The van der Waals surface area contributed by atoms with Gasteiger partial charge < -0.3 is 4.90 Å². The van der Waals surface area contributed by atoms with Crippen molar-refractivity contribution in [3.8, 4) is 0 Å². The molecule has 1 saturated carbocycles. The SMILES string of the molecule is Cc1ccccc1[C@H]1CN(Cc2ccccc2Cl)C[C@H]1CN(C(=O)c1ccccc1)C1CCCCC1. The molecule has 1 saturated heterocycles. The molecule has 36 heavy (non-hydrogen) atoms. The van der Waals surface area contributed by atoms with Crippen molar-refractivity contribution in [1.82, 2.24) is 9.80 Å². The fraction of sp³-hybridized carbons (Fsp3) is 0.406. The summed E-state index contributed by atoms with van der Waals surface area (Å²) in [5.74, 6) is 0.960. The van der Waals surface area contributed by atoms with Gasteiger partial charge in [-0.15, -0.1) is 0 Å². The van der Waals surface area contributed by atoms with E-state index in [9.17, 15) is 4.79 Å². The van der Waals surface area contributed by atoms with E-state index in [4.69, 9.17) is 11.6 Å². The predicted molar refractivity (Wildman–Crippen MR) is 148 cm³/mol. The summed E-state index contributed by atoms with van der Waals surface area (Å²) in [6.45, 7) is 5.82. The highest BCUT2D eigenvalue weighted by molar-refractivity contribution is 6.31. The molecule has 1 amide bonds. The maximum absolute atomic E-state index is 13.9. The zero-order chi connectivity index (χ0) is 24.9. The molecule has 3 aromatic carbocycles. The molecule has 0 unspecified atom stereocenters. The molecule has 3 nitrogen and oxygen atoms in total. The highest BCUT2D eigenvalue weighted by atomic mass is 35.5. The van der Waals surface area contributed by atoms with E-state index < -0.39 is 0 Å². The Bertz CT molecular complexity index is 1160. The quantitative estimate of drug-likeness (QED) is 0.339. The first kappa shape index (κ1) is 25.0. The van der Waals surface area contributed by atoms with Crippen LogP contribution in [0, 0.1) is 12.8 Å². The molecule has 0 spiro atoms. The normalized spacial score (nSPS) is 20.9. The first-order chi connectivity index (χ1) is 17.6. The first-order valence-corrected chi connectivity index (χ1v) is 13.8. The topological polar surface area (TPSA) is 23.6 Å². The molecule has 5 rings (SSSR count). The van der Waals surface area contributed by atoms with Crippen LogP contribution in [0.15, 0.2) is 78.9 Å². The Morgan fingerprint density at radius 2 is 1.58 bits per heavy atom. The van der Waals surface area contributed by atoms with Gasteiger partial charge in [-0.2, -0.15) is 0 Å². The summed E-state index contributed by atoms with van der Waals surface area (Å²) in [6, 6.07) is 27.2. The van der Waals surface area contributed by atoms with Crippen LogP contribution in [-0.4, -0.2) is 41.4 Å². The number of rotatable bonds is 7. The van der Waals surface area contributed by atoms with Gasteiger partial charge in [-0.25, -0.2) is 0 Å². The van der Waals surface area contributed by atoms with Gasteiger partial charge in [0.15, 0.2) is 0 Å². The minimum absolute atomic E-state index is 0.190. The van der Waals surface area contributed by atoms with Crippen LogP contribution in [-0.2, 0) is 6.54 Å². The molecular formula is C32H37ClN2O. The minimum Gasteiger partial charge on any atom is -0.335 e. The average molecular weight is 501 g/mol. The Kier molecular flexibility index (Phi) is 8.09. The lowest BCUT2D eigenvalue weighted by Gasteiger charge is -2.37. The number of halogens is 1. The van der Waals surface area contributed by atoms with Crippen molar-refractivity contribution in [1.29, 1.82) is 0 Å². The first-order valence-electron chi connectivity index (χ1n) is 13.5. The number of amides is 1.